The molecule has 1 atom stereocenters. The molecule has 3 amide bonds. The Morgan fingerprint density at radius 1 is 1.10 bits per heavy atom. The molecule has 1 aromatic carbocycles. The van der Waals surface area contributed by atoms with E-state index in [9.17, 15) is 9.59 Å². The standard InChI is InChI=1S/C15H20N2O4/c1-15(2,3)21-9-8-20-11-6-4-10(5-7-11)12-13(18)17-14(19)16-12/h4-7,12H,8-9H2,1-3H3,(H2,16,17,18,19). The van der Waals surface area contributed by atoms with E-state index in [1.54, 1.807) is 24.3 Å². The Morgan fingerprint density at radius 2 is 1.76 bits per heavy atom. The highest BCUT2D eigenvalue weighted by Gasteiger charge is 2.30. The number of imide groups is 1. The van der Waals surface area contributed by atoms with Crippen molar-refractivity contribution in [2.24, 2.45) is 0 Å². The van der Waals surface area contributed by atoms with Crippen LogP contribution in [0.3, 0.4) is 0 Å². The first kappa shape index (κ1) is 15.3. The molecule has 0 aromatic heterocycles. The van der Waals surface area contributed by atoms with Gasteiger partial charge in [0.25, 0.3) is 5.91 Å². The van der Waals surface area contributed by atoms with Crippen LogP contribution in [-0.2, 0) is 9.53 Å². The van der Waals surface area contributed by atoms with Gasteiger partial charge in [0.1, 0.15) is 18.4 Å². The van der Waals surface area contributed by atoms with Gasteiger partial charge in [0, 0.05) is 0 Å². The van der Waals surface area contributed by atoms with Gasteiger partial charge in [-0.25, -0.2) is 4.79 Å². The number of hydrogen-bond donors (Lipinski definition) is 2. The number of urea groups is 1. The zero-order valence-electron chi connectivity index (χ0n) is 12.4. The zero-order valence-corrected chi connectivity index (χ0v) is 12.4. The average Bonchev–Trinajstić information content (AvgIpc) is 2.73. The highest BCUT2D eigenvalue weighted by atomic mass is 16.5. The summed E-state index contributed by atoms with van der Waals surface area (Å²) in [7, 11) is 0. The molecule has 1 aliphatic heterocycles. The maximum absolute atomic E-state index is 11.5. The molecule has 0 spiro atoms. The first-order valence-corrected chi connectivity index (χ1v) is 6.83. The van der Waals surface area contributed by atoms with Crippen molar-refractivity contribution < 1.29 is 19.1 Å². The zero-order chi connectivity index (χ0) is 15.5. The fraction of sp³-hybridized carbons (Fsp3) is 0.467. The van der Waals surface area contributed by atoms with Crippen LogP contribution in [0, 0.1) is 0 Å². The monoisotopic (exact) mass is 292 g/mol. The predicted molar refractivity (Wildman–Crippen MR) is 77.1 cm³/mol. The topological polar surface area (TPSA) is 76.7 Å². The quantitative estimate of drug-likeness (QED) is 0.640. The summed E-state index contributed by atoms with van der Waals surface area (Å²) in [6, 6.07) is 5.96. The molecule has 0 bridgehead atoms. The molecule has 0 radical (unpaired) electrons. The third-order valence-corrected chi connectivity index (χ3v) is 2.87. The number of benzene rings is 1. The van der Waals surface area contributed by atoms with E-state index in [1.165, 1.54) is 0 Å². The summed E-state index contributed by atoms with van der Waals surface area (Å²) in [4.78, 5) is 22.6. The molecule has 6 nitrogen and oxygen atoms in total. The lowest BCUT2D eigenvalue weighted by molar-refractivity contribution is -0.120. The Hall–Kier alpha value is -2.08. The second kappa shape index (κ2) is 6.13. The summed E-state index contributed by atoms with van der Waals surface area (Å²) in [6.07, 6.45) is 0. The molecule has 2 N–H and O–H groups in total. The van der Waals surface area contributed by atoms with Crippen molar-refractivity contribution in [1.29, 1.82) is 0 Å². The van der Waals surface area contributed by atoms with E-state index in [4.69, 9.17) is 9.47 Å². The maximum Gasteiger partial charge on any atom is 0.322 e. The van der Waals surface area contributed by atoms with Gasteiger partial charge >= 0.3 is 6.03 Å². The molecule has 1 unspecified atom stereocenters. The average molecular weight is 292 g/mol. The van der Waals surface area contributed by atoms with Gasteiger partial charge < -0.3 is 14.8 Å². The van der Waals surface area contributed by atoms with Gasteiger partial charge in [-0.1, -0.05) is 12.1 Å². The molecule has 0 aliphatic carbocycles. The molecule has 21 heavy (non-hydrogen) atoms. The van der Waals surface area contributed by atoms with E-state index >= 15 is 0 Å². The van der Waals surface area contributed by atoms with Gasteiger partial charge in [0.2, 0.25) is 0 Å². The van der Waals surface area contributed by atoms with Crippen molar-refractivity contribution in [2.75, 3.05) is 13.2 Å². The van der Waals surface area contributed by atoms with Crippen molar-refractivity contribution in [3.05, 3.63) is 29.8 Å². The summed E-state index contributed by atoms with van der Waals surface area (Å²) in [5, 5.41) is 4.75. The first-order valence-electron chi connectivity index (χ1n) is 6.83. The summed E-state index contributed by atoms with van der Waals surface area (Å²) in [6.45, 7) is 6.93. The van der Waals surface area contributed by atoms with E-state index < -0.39 is 12.1 Å². The Kier molecular flexibility index (Phi) is 4.47. The lowest BCUT2D eigenvalue weighted by Crippen LogP contribution is -2.22. The molecule has 0 saturated carbocycles. The smallest absolute Gasteiger partial charge is 0.322 e. The molecule has 1 heterocycles. The van der Waals surface area contributed by atoms with Crippen LogP contribution in [0.15, 0.2) is 24.3 Å². The summed E-state index contributed by atoms with van der Waals surface area (Å²) < 4.78 is 11.1. The van der Waals surface area contributed by atoms with E-state index in [2.05, 4.69) is 10.6 Å². The van der Waals surface area contributed by atoms with Crippen LogP contribution < -0.4 is 15.4 Å². The van der Waals surface area contributed by atoms with Crippen LogP contribution in [-0.4, -0.2) is 30.8 Å². The third-order valence-electron chi connectivity index (χ3n) is 2.87. The molecule has 1 aromatic rings. The van der Waals surface area contributed by atoms with Gasteiger partial charge in [0.15, 0.2) is 0 Å². The van der Waals surface area contributed by atoms with Gasteiger partial charge in [-0.05, 0) is 38.5 Å². The van der Waals surface area contributed by atoms with Crippen LogP contribution in [0.5, 0.6) is 5.75 Å². The van der Waals surface area contributed by atoms with E-state index in [0.29, 0.717) is 19.0 Å². The van der Waals surface area contributed by atoms with Gasteiger partial charge in [-0.15, -0.1) is 0 Å². The maximum atomic E-state index is 11.5. The minimum atomic E-state index is -0.629. The Balaban J connectivity index is 1.85. The van der Waals surface area contributed by atoms with E-state index in [0.717, 1.165) is 5.56 Å². The summed E-state index contributed by atoms with van der Waals surface area (Å²) in [5.41, 5.74) is 0.540. The molecule has 6 heteroatoms. The van der Waals surface area contributed by atoms with Crippen LogP contribution in [0.2, 0.25) is 0 Å². The molecular formula is C15H20N2O4. The number of rotatable bonds is 5. The van der Waals surface area contributed by atoms with Crippen molar-refractivity contribution in [1.82, 2.24) is 10.6 Å². The number of nitrogens with one attached hydrogen (secondary N) is 2. The van der Waals surface area contributed by atoms with E-state index in [1.807, 2.05) is 20.8 Å². The summed E-state index contributed by atoms with van der Waals surface area (Å²) in [5.74, 6) is 0.355. The number of amides is 3. The summed E-state index contributed by atoms with van der Waals surface area (Å²) >= 11 is 0. The van der Waals surface area contributed by atoms with Crippen molar-refractivity contribution in [3.63, 3.8) is 0 Å². The van der Waals surface area contributed by atoms with Crippen LogP contribution in [0.1, 0.15) is 32.4 Å². The fourth-order valence-electron chi connectivity index (χ4n) is 1.92. The lowest BCUT2D eigenvalue weighted by Gasteiger charge is -2.19. The van der Waals surface area contributed by atoms with E-state index in [-0.39, 0.29) is 11.5 Å². The molecule has 1 fully saturated rings. The first-order chi connectivity index (χ1) is 9.85. The largest absolute Gasteiger partial charge is 0.491 e. The van der Waals surface area contributed by atoms with Crippen LogP contribution in [0.4, 0.5) is 4.79 Å². The van der Waals surface area contributed by atoms with Crippen LogP contribution in [0.25, 0.3) is 0 Å². The van der Waals surface area contributed by atoms with Crippen molar-refractivity contribution >= 4 is 11.9 Å². The van der Waals surface area contributed by atoms with Crippen molar-refractivity contribution in [3.8, 4) is 5.75 Å². The molecule has 1 saturated heterocycles. The lowest BCUT2D eigenvalue weighted by atomic mass is 10.1. The minimum absolute atomic E-state index is 0.179. The van der Waals surface area contributed by atoms with Gasteiger partial charge in [-0.3, -0.25) is 10.1 Å². The Bertz CT molecular complexity index is 519. The minimum Gasteiger partial charge on any atom is -0.491 e. The predicted octanol–water partition coefficient (Wildman–Crippen LogP) is 1.76. The molecule has 114 valence electrons. The Labute approximate surface area is 123 Å². The number of ether oxygens (including phenoxy) is 2. The SMILES string of the molecule is CC(C)(C)OCCOc1ccc(C2NC(=O)NC2=O)cc1. The Morgan fingerprint density at radius 3 is 2.29 bits per heavy atom. The number of carbonyl (C=O) groups excluding carboxylic acids is 2. The van der Waals surface area contributed by atoms with Crippen molar-refractivity contribution in [2.45, 2.75) is 32.4 Å². The van der Waals surface area contributed by atoms with Gasteiger partial charge in [-0.2, -0.15) is 0 Å². The number of hydrogen-bond acceptors (Lipinski definition) is 4. The number of carbonyl (C=O) groups is 2. The molecular weight excluding hydrogens is 272 g/mol. The van der Waals surface area contributed by atoms with Gasteiger partial charge in [0.05, 0.1) is 12.2 Å². The second-order valence-corrected chi connectivity index (χ2v) is 5.77. The second-order valence-electron chi connectivity index (χ2n) is 5.77. The fourth-order valence-corrected chi connectivity index (χ4v) is 1.92. The highest BCUT2D eigenvalue weighted by molar-refractivity contribution is 6.04. The normalized spacial score (nSPS) is 18.3. The molecule has 2 rings (SSSR count). The highest BCUT2D eigenvalue weighted by Crippen LogP contribution is 2.20. The van der Waals surface area contributed by atoms with Crippen LogP contribution >= 0.6 is 0 Å². The molecule has 1 aliphatic rings. The third kappa shape index (κ3) is 4.46.